The van der Waals surface area contributed by atoms with Crippen LogP contribution in [0.3, 0.4) is 0 Å². The van der Waals surface area contributed by atoms with Gasteiger partial charge in [-0.25, -0.2) is 4.79 Å². The number of hydrogen-bond acceptors (Lipinski definition) is 4. The van der Waals surface area contributed by atoms with Gasteiger partial charge in [-0.05, 0) is 43.5 Å². The number of imide groups is 1. The highest BCUT2D eigenvalue weighted by molar-refractivity contribution is 5.95. The third-order valence-electron chi connectivity index (χ3n) is 3.98. The Balaban J connectivity index is 1.93. The molecule has 1 unspecified atom stereocenters. The Morgan fingerprint density at radius 3 is 2.96 bits per heavy atom. The molecule has 1 aliphatic heterocycles. The number of benzene rings is 1. The molecular formula is C17H25N3O3. The van der Waals surface area contributed by atoms with Gasteiger partial charge in [0.2, 0.25) is 5.91 Å². The van der Waals surface area contributed by atoms with Gasteiger partial charge in [-0.3, -0.25) is 15.0 Å². The number of likely N-dealkylation sites (tertiary alicyclic amines) is 1. The number of amides is 3. The minimum Gasteiger partial charge on any atom is -0.497 e. The van der Waals surface area contributed by atoms with Crippen molar-refractivity contribution in [1.29, 1.82) is 0 Å². The predicted octanol–water partition coefficient (Wildman–Crippen LogP) is 2.07. The topological polar surface area (TPSA) is 70.7 Å². The number of rotatable bonds is 6. The van der Waals surface area contributed by atoms with Gasteiger partial charge >= 0.3 is 6.03 Å². The summed E-state index contributed by atoms with van der Waals surface area (Å²) in [6.45, 7) is 3.60. The number of methoxy groups -OCH3 is 1. The van der Waals surface area contributed by atoms with Gasteiger partial charge < -0.3 is 10.1 Å². The zero-order chi connectivity index (χ0) is 16.7. The van der Waals surface area contributed by atoms with E-state index in [1.165, 1.54) is 0 Å². The standard InChI is InChI=1S/C17H25N3O3/c1-3-9-18-17(22)19-16(21)12-20-10-5-8-15(20)13-6-4-7-14(11-13)23-2/h4,6-7,11,15H,3,5,8-10,12H2,1-2H3,(H2,18,19,21,22). The molecule has 1 atom stereocenters. The molecule has 2 rings (SSSR count). The molecule has 1 aromatic carbocycles. The molecule has 6 nitrogen and oxygen atoms in total. The molecule has 23 heavy (non-hydrogen) atoms. The summed E-state index contributed by atoms with van der Waals surface area (Å²) in [6.07, 6.45) is 2.88. The first-order valence-corrected chi connectivity index (χ1v) is 8.09. The van der Waals surface area contributed by atoms with Crippen LogP contribution in [0.5, 0.6) is 5.75 Å². The molecule has 3 amide bonds. The highest BCUT2D eigenvalue weighted by atomic mass is 16.5. The van der Waals surface area contributed by atoms with Crippen molar-refractivity contribution in [3.63, 3.8) is 0 Å². The molecule has 0 saturated carbocycles. The zero-order valence-electron chi connectivity index (χ0n) is 13.8. The van der Waals surface area contributed by atoms with Crippen LogP contribution < -0.4 is 15.4 Å². The van der Waals surface area contributed by atoms with Crippen molar-refractivity contribution < 1.29 is 14.3 Å². The number of hydrogen-bond donors (Lipinski definition) is 2. The summed E-state index contributed by atoms with van der Waals surface area (Å²) in [4.78, 5) is 25.7. The molecule has 0 aliphatic carbocycles. The summed E-state index contributed by atoms with van der Waals surface area (Å²) >= 11 is 0. The smallest absolute Gasteiger partial charge is 0.321 e. The maximum Gasteiger partial charge on any atom is 0.321 e. The van der Waals surface area contributed by atoms with Gasteiger partial charge in [0, 0.05) is 12.6 Å². The summed E-state index contributed by atoms with van der Waals surface area (Å²) in [7, 11) is 1.65. The Bertz CT molecular complexity index is 548. The number of nitrogens with zero attached hydrogens (tertiary/aromatic N) is 1. The number of nitrogens with one attached hydrogen (secondary N) is 2. The Labute approximate surface area is 137 Å². The molecule has 126 valence electrons. The number of carbonyl (C=O) groups excluding carboxylic acids is 2. The molecule has 0 aromatic heterocycles. The molecule has 1 saturated heterocycles. The minimum absolute atomic E-state index is 0.189. The van der Waals surface area contributed by atoms with Gasteiger partial charge in [-0.15, -0.1) is 0 Å². The first-order valence-electron chi connectivity index (χ1n) is 8.09. The maximum atomic E-state index is 12.0. The fourth-order valence-electron chi connectivity index (χ4n) is 2.88. The molecule has 6 heteroatoms. The van der Waals surface area contributed by atoms with Crippen molar-refractivity contribution in [3.8, 4) is 5.75 Å². The van der Waals surface area contributed by atoms with Gasteiger partial charge in [0.05, 0.1) is 13.7 Å². The van der Waals surface area contributed by atoms with E-state index in [-0.39, 0.29) is 18.5 Å². The molecular weight excluding hydrogens is 294 g/mol. The van der Waals surface area contributed by atoms with Gasteiger partial charge in [0.25, 0.3) is 0 Å². The lowest BCUT2D eigenvalue weighted by Crippen LogP contribution is -2.44. The second kappa shape index (κ2) is 8.53. The van der Waals surface area contributed by atoms with Crippen molar-refractivity contribution >= 4 is 11.9 Å². The molecule has 1 aromatic rings. The van der Waals surface area contributed by atoms with E-state index in [0.717, 1.165) is 37.1 Å². The van der Waals surface area contributed by atoms with Crippen LogP contribution in [0.25, 0.3) is 0 Å². The van der Waals surface area contributed by atoms with Crippen LogP contribution >= 0.6 is 0 Å². The van der Waals surface area contributed by atoms with Crippen LogP contribution in [-0.4, -0.2) is 43.6 Å². The Morgan fingerprint density at radius 1 is 1.39 bits per heavy atom. The van der Waals surface area contributed by atoms with Crippen LogP contribution in [-0.2, 0) is 4.79 Å². The van der Waals surface area contributed by atoms with E-state index in [1.807, 2.05) is 25.1 Å². The lowest BCUT2D eigenvalue weighted by atomic mass is 10.0. The molecule has 1 heterocycles. The summed E-state index contributed by atoms with van der Waals surface area (Å²) in [6, 6.07) is 7.70. The molecule has 1 aliphatic rings. The van der Waals surface area contributed by atoms with E-state index in [1.54, 1.807) is 7.11 Å². The number of urea groups is 1. The molecule has 0 bridgehead atoms. The molecule has 0 radical (unpaired) electrons. The van der Waals surface area contributed by atoms with E-state index in [9.17, 15) is 9.59 Å². The lowest BCUT2D eigenvalue weighted by Gasteiger charge is -2.24. The quantitative estimate of drug-likeness (QED) is 0.842. The van der Waals surface area contributed by atoms with Crippen LogP contribution in [0.15, 0.2) is 24.3 Å². The Hall–Kier alpha value is -2.08. The average molecular weight is 319 g/mol. The molecule has 2 N–H and O–H groups in total. The van der Waals surface area contributed by atoms with E-state index in [2.05, 4.69) is 21.6 Å². The van der Waals surface area contributed by atoms with E-state index < -0.39 is 6.03 Å². The zero-order valence-corrected chi connectivity index (χ0v) is 13.8. The predicted molar refractivity (Wildman–Crippen MR) is 88.4 cm³/mol. The second-order valence-electron chi connectivity index (χ2n) is 5.71. The normalized spacial score (nSPS) is 17.7. The van der Waals surface area contributed by atoms with Crippen LogP contribution in [0.2, 0.25) is 0 Å². The summed E-state index contributed by atoms with van der Waals surface area (Å²) in [5.41, 5.74) is 1.14. The highest BCUT2D eigenvalue weighted by Gasteiger charge is 2.28. The van der Waals surface area contributed by atoms with Crippen molar-refractivity contribution in [2.45, 2.75) is 32.2 Å². The summed E-state index contributed by atoms with van der Waals surface area (Å²) in [5, 5.41) is 5.02. The van der Waals surface area contributed by atoms with E-state index >= 15 is 0 Å². The van der Waals surface area contributed by atoms with Gasteiger partial charge in [0.15, 0.2) is 0 Å². The average Bonchev–Trinajstić information content (AvgIpc) is 3.00. The van der Waals surface area contributed by atoms with Crippen molar-refractivity contribution in [1.82, 2.24) is 15.5 Å². The van der Waals surface area contributed by atoms with Crippen molar-refractivity contribution in [2.24, 2.45) is 0 Å². The van der Waals surface area contributed by atoms with E-state index in [4.69, 9.17) is 4.74 Å². The van der Waals surface area contributed by atoms with Gasteiger partial charge in [0.1, 0.15) is 5.75 Å². The van der Waals surface area contributed by atoms with Crippen molar-refractivity contribution in [2.75, 3.05) is 26.7 Å². The summed E-state index contributed by atoms with van der Waals surface area (Å²) < 4.78 is 5.27. The monoisotopic (exact) mass is 319 g/mol. The van der Waals surface area contributed by atoms with Crippen LogP contribution in [0.4, 0.5) is 4.79 Å². The summed E-state index contributed by atoms with van der Waals surface area (Å²) in [5.74, 6) is 0.547. The minimum atomic E-state index is -0.422. The first kappa shape index (κ1) is 17.3. The third-order valence-corrected chi connectivity index (χ3v) is 3.98. The fourth-order valence-corrected chi connectivity index (χ4v) is 2.88. The molecule has 0 spiro atoms. The van der Waals surface area contributed by atoms with E-state index in [0.29, 0.717) is 6.54 Å². The van der Waals surface area contributed by atoms with Gasteiger partial charge in [-0.2, -0.15) is 0 Å². The number of carbonyl (C=O) groups is 2. The Morgan fingerprint density at radius 2 is 2.22 bits per heavy atom. The third kappa shape index (κ3) is 4.96. The lowest BCUT2D eigenvalue weighted by molar-refractivity contribution is -0.121. The Kier molecular flexibility index (Phi) is 6.40. The van der Waals surface area contributed by atoms with Crippen LogP contribution in [0.1, 0.15) is 37.8 Å². The second-order valence-corrected chi connectivity index (χ2v) is 5.71. The van der Waals surface area contributed by atoms with Crippen molar-refractivity contribution in [3.05, 3.63) is 29.8 Å². The first-order chi connectivity index (χ1) is 11.1. The maximum absolute atomic E-state index is 12.0. The molecule has 1 fully saturated rings. The fraction of sp³-hybridized carbons (Fsp3) is 0.529. The van der Waals surface area contributed by atoms with Gasteiger partial charge in [-0.1, -0.05) is 19.1 Å². The van der Waals surface area contributed by atoms with Crippen LogP contribution in [0, 0.1) is 0 Å². The largest absolute Gasteiger partial charge is 0.497 e. The number of ether oxygens (including phenoxy) is 1. The highest BCUT2D eigenvalue weighted by Crippen LogP contribution is 2.32. The SMILES string of the molecule is CCCNC(=O)NC(=O)CN1CCCC1c1cccc(OC)c1.